The Morgan fingerprint density at radius 1 is 0.386 bits per heavy atom. The first-order valence-electron chi connectivity index (χ1n) is 31.6. The van der Waals surface area contributed by atoms with Crippen LogP contribution in [0, 0.1) is 0 Å². The van der Waals surface area contributed by atoms with Gasteiger partial charge in [0.25, 0.3) is 0 Å². The lowest BCUT2D eigenvalue weighted by molar-refractivity contribution is -0.143. The van der Waals surface area contributed by atoms with E-state index in [1.165, 1.54) is 270 Å². The van der Waals surface area contributed by atoms with E-state index in [-0.39, 0.29) is 18.5 Å². The predicted octanol–water partition coefficient (Wildman–Crippen LogP) is 19.8. The number of hydrogen-bond donors (Lipinski definition) is 3. The SMILES string of the molecule is CCCC/C=C\CCCCCCCC(=O)OCCCCCCCCCCCCCC/C=C\CCCCCCCCCCC(=O)NC(CO)C(O)CCCCCCCCCCCCCCCCCCCC. The molecule has 414 valence electrons. The van der Waals surface area contributed by atoms with Crippen molar-refractivity contribution in [3.05, 3.63) is 24.3 Å². The zero-order valence-electron chi connectivity index (χ0n) is 47.3. The summed E-state index contributed by atoms with van der Waals surface area (Å²) in [5, 5.41) is 23.3. The Labute approximate surface area is 437 Å². The summed E-state index contributed by atoms with van der Waals surface area (Å²) in [7, 11) is 0. The summed E-state index contributed by atoms with van der Waals surface area (Å²) in [6.07, 6.45) is 73.3. The fraction of sp³-hybridized carbons (Fsp3) is 0.906. The summed E-state index contributed by atoms with van der Waals surface area (Å²) >= 11 is 0. The summed E-state index contributed by atoms with van der Waals surface area (Å²) < 4.78 is 5.46. The van der Waals surface area contributed by atoms with E-state index in [1.54, 1.807) is 0 Å². The smallest absolute Gasteiger partial charge is 0.305 e. The van der Waals surface area contributed by atoms with Gasteiger partial charge < -0.3 is 20.3 Å². The van der Waals surface area contributed by atoms with Gasteiger partial charge in [-0.05, 0) is 70.6 Å². The van der Waals surface area contributed by atoms with Crippen LogP contribution < -0.4 is 5.32 Å². The van der Waals surface area contributed by atoms with Gasteiger partial charge in [0.15, 0.2) is 0 Å². The Bertz CT molecular complexity index is 1090. The molecule has 1 amide bonds. The van der Waals surface area contributed by atoms with Crippen molar-refractivity contribution in [2.24, 2.45) is 0 Å². The third-order valence-electron chi connectivity index (χ3n) is 14.7. The summed E-state index contributed by atoms with van der Waals surface area (Å²) in [5.41, 5.74) is 0. The summed E-state index contributed by atoms with van der Waals surface area (Å²) in [6.45, 7) is 4.93. The van der Waals surface area contributed by atoms with Crippen LogP contribution in [0.3, 0.4) is 0 Å². The third-order valence-corrected chi connectivity index (χ3v) is 14.7. The lowest BCUT2D eigenvalue weighted by Gasteiger charge is -2.22. The fourth-order valence-corrected chi connectivity index (χ4v) is 9.85. The average molecular weight is 987 g/mol. The van der Waals surface area contributed by atoms with Gasteiger partial charge >= 0.3 is 5.97 Å². The van der Waals surface area contributed by atoms with Crippen molar-refractivity contribution in [2.45, 2.75) is 360 Å². The van der Waals surface area contributed by atoms with Crippen LogP contribution in [0.25, 0.3) is 0 Å². The van der Waals surface area contributed by atoms with Crippen LogP contribution in [0.1, 0.15) is 348 Å². The van der Waals surface area contributed by atoms with E-state index in [9.17, 15) is 19.8 Å². The van der Waals surface area contributed by atoms with Crippen molar-refractivity contribution in [1.29, 1.82) is 0 Å². The Morgan fingerprint density at radius 2 is 0.686 bits per heavy atom. The Kier molecular flexibility index (Phi) is 58.5. The number of esters is 1. The number of carbonyl (C=O) groups is 2. The minimum atomic E-state index is -0.667. The third kappa shape index (κ3) is 55.7. The zero-order valence-corrected chi connectivity index (χ0v) is 47.3. The standard InChI is InChI=1S/C64H123NO5/c1-3-5-7-9-11-13-15-16-17-18-27-30-33-37-40-44-48-52-56-62(67)61(60-66)65-63(68)57-53-49-45-41-38-34-31-28-25-23-21-19-20-22-24-26-29-32-35-39-43-47-51-55-59-70-64(69)58-54-50-46-42-36-14-12-10-8-6-4-2/h10,12,21,23,61-62,66-67H,3-9,11,13-20,22,24-60H2,1-2H3,(H,65,68)/b12-10-,23-21-. The van der Waals surface area contributed by atoms with Gasteiger partial charge in [-0.2, -0.15) is 0 Å². The van der Waals surface area contributed by atoms with Crippen molar-refractivity contribution in [2.75, 3.05) is 13.2 Å². The summed E-state index contributed by atoms with van der Waals surface area (Å²) in [5.74, 6) is -0.0349. The van der Waals surface area contributed by atoms with Crippen LogP contribution in [0.2, 0.25) is 0 Å². The highest BCUT2D eigenvalue weighted by molar-refractivity contribution is 5.76. The maximum absolute atomic E-state index is 12.5. The molecule has 0 aliphatic carbocycles. The lowest BCUT2D eigenvalue weighted by atomic mass is 10.0. The van der Waals surface area contributed by atoms with Gasteiger partial charge in [-0.25, -0.2) is 0 Å². The van der Waals surface area contributed by atoms with E-state index in [1.807, 2.05) is 0 Å². The van der Waals surface area contributed by atoms with E-state index in [4.69, 9.17) is 4.74 Å². The molecule has 0 aromatic carbocycles. The fourth-order valence-electron chi connectivity index (χ4n) is 9.85. The molecule has 6 nitrogen and oxygen atoms in total. The largest absolute Gasteiger partial charge is 0.466 e. The molecule has 0 spiro atoms. The van der Waals surface area contributed by atoms with Crippen LogP contribution in [-0.4, -0.2) is 47.4 Å². The number of carbonyl (C=O) groups excluding carboxylic acids is 2. The van der Waals surface area contributed by atoms with Crippen molar-refractivity contribution in [1.82, 2.24) is 5.32 Å². The molecule has 0 aromatic rings. The van der Waals surface area contributed by atoms with Crippen molar-refractivity contribution in [3.8, 4) is 0 Å². The van der Waals surface area contributed by atoms with Gasteiger partial charge in [0.2, 0.25) is 5.91 Å². The van der Waals surface area contributed by atoms with Gasteiger partial charge in [0, 0.05) is 12.8 Å². The van der Waals surface area contributed by atoms with Gasteiger partial charge in [0.05, 0.1) is 25.4 Å². The van der Waals surface area contributed by atoms with Crippen LogP contribution in [0.4, 0.5) is 0 Å². The predicted molar refractivity (Wildman–Crippen MR) is 306 cm³/mol. The molecule has 0 saturated heterocycles. The maximum Gasteiger partial charge on any atom is 0.305 e. The zero-order chi connectivity index (χ0) is 50.7. The molecule has 6 heteroatoms. The second-order valence-electron chi connectivity index (χ2n) is 21.7. The van der Waals surface area contributed by atoms with Gasteiger partial charge in [-0.1, -0.05) is 289 Å². The molecule has 0 heterocycles. The van der Waals surface area contributed by atoms with E-state index in [0.717, 1.165) is 44.9 Å². The number of hydrogen-bond acceptors (Lipinski definition) is 5. The minimum Gasteiger partial charge on any atom is -0.466 e. The van der Waals surface area contributed by atoms with Gasteiger partial charge in [-0.3, -0.25) is 9.59 Å². The number of ether oxygens (including phenoxy) is 1. The van der Waals surface area contributed by atoms with E-state index in [2.05, 4.69) is 43.5 Å². The number of nitrogens with one attached hydrogen (secondary N) is 1. The first-order valence-corrected chi connectivity index (χ1v) is 31.6. The highest BCUT2D eigenvalue weighted by atomic mass is 16.5. The molecule has 0 bridgehead atoms. The van der Waals surface area contributed by atoms with E-state index >= 15 is 0 Å². The lowest BCUT2D eigenvalue weighted by Crippen LogP contribution is -2.45. The van der Waals surface area contributed by atoms with Crippen LogP contribution in [0.5, 0.6) is 0 Å². The second-order valence-corrected chi connectivity index (χ2v) is 21.7. The van der Waals surface area contributed by atoms with Crippen molar-refractivity contribution >= 4 is 11.9 Å². The molecule has 0 aromatic heterocycles. The molecule has 0 fully saturated rings. The maximum atomic E-state index is 12.5. The first kappa shape index (κ1) is 68.3. The molecular weight excluding hydrogens is 863 g/mol. The normalized spacial score (nSPS) is 12.7. The number of unbranched alkanes of at least 4 members (excludes halogenated alkanes) is 44. The molecular formula is C64H123NO5. The first-order chi connectivity index (χ1) is 34.5. The molecule has 0 aliphatic rings. The Balaban J connectivity index is 3.41. The molecule has 2 unspecified atom stereocenters. The van der Waals surface area contributed by atoms with E-state index < -0.39 is 12.1 Å². The number of amides is 1. The van der Waals surface area contributed by atoms with Crippen LogP contribution in [-0.2, 0) is 14.3 Å². The Morgan fingerprint density at radius 3 is 1.06 bits per heavy atom. The molecule has 0 radical (unpaired) electrons. The number of allylic oxidation sites excluding steroid dienone is 4. The molecule has 3 N–H and O–H groups in total. The van der Waals surface area contributed by atoms with Gasteiger partial charge in [-0.15, -0.1) is 0 Å². The topological polar surface area (TPSA) is 95.9 Å². The second kappa shape index (κ2) is 59.9. The van der Waals surface area contributed by atoms with Crippen molar-refractivity contribution in [3.63, 3.8) is 0 Å². The summed E-state index contributed by atoms with van der Waals surface area (Å²) in [6, 6.07) is -0.545. The Hall–Kier alpha value is -1.66. The van der Waals surface area contributed by atoms with Crippen LogP contribution in [0.15, 0.2) is 24.3 Å². The monoisotopic (exact) mass is 986 g/mol. The number of rotatable bonds is 59. The molecule has 0 saturated carbocycles. The number of aliphatic hydroxyl groups is 2. The highest BCUT2D eigenvalue weighted by Crippen LogP contribution is 2.18. The average Bonchev–Trinajstić information content (AvgIpc) is 3.36. The van der Waals surface area contributed by atoms with Gasteiger partial charge in [0.1, 0.15) is 0 Å². The quantitative estimate of drug-likeness (QED) is 0.0321. The highest BCUT2D eigenvalue weighted by Gasteiger charge is 2.20. The molecule has 0 rings (SSSR count). The minimum absolute atomic E-state index is 0.00177. The molecule has 70 heavy (non-hydrogen) atoms. The van der Waals surface area contributed by atoms with E-state index in [0.29, 0.717) is 25.9 Å². The van der Waals surface area contributed by atoms with Crippen molar-refractivity contribution < 1.29 is 24.5 Å². The van der Waals surface area contributed by atoms with Crippen LogP contribution >= 0.6 is 0 Å². The number of aliphatic hydroxyl groups excluding tert-OH is 2. The molecule has 0 aliphatic heterocycles. The molecule has 2 atom stereocenters. The summed E-state index contributed by atoms with van der Waals surface area (Å²) in [4.78, 5) is 24.5.